The van der Waals surface area contributed by atoms with E-state index in [0.29, 0.717) is 25.3 Å². The van der Waals surface area contributed by atoms with E-state index in [9.17, 15) is 23.6 Å². The molecule has 0 aliphatic heterocycles. The highest BCUT2D eigenvalue weighted by Gasteiger charge is 2.31. The van der Waals surface area contributed by atoms with Gasteiger partial charge in [-0.2, -0.15) is 0 Å². The van der Waals surface area contributed by atoms with Gasteiger partial charge in [0.2, 0.25) is 11.8 Å². The molecule has 2 aliphatic rings. The number of imidazole rings is 1. The lowest BCUT2D eigenvalue weighted by atomic mass is 9.81. The minimum absolute atomic E-state index is 0.130. The lowest BCUT2D eigenvalue weighted by Gasteiger charge is -2.29. The zero-order valence-electron chi connectivity index (χ0n) is 30.5. The summed E-state index contributed by atoms with van der Waals surface area (Å²) < 4.78 is 20.2. The van der Waals surface area contributed by atoms with Crippen molar-refractivity contribution < 1.29 is 23.5 Å². The van der Waals surface area contributed by atoms with Crippen molar-refractivity contribution in [3.63, 3.8) is 0 Å². The van der Waals surface area contributed by atoms with Gasteiger partial charge in [0, 0.05) is 30.5 Å². The van der Waals surface area contributed by atoms with Gasteiger partial charge < -0.3 is 25.7 Å². The van der Waals surface area contributed by atoms with Gasteiger partial charge in [0.25, 0.3) is 5.56 Å². The number of rotatable bonds is 10. The quantitative estimate of drug-likeness (QED) is 0.0933. The molecule has 6 N–H and O–H groups in total. The molecule has 2 aromatic heterocycles. The zero-order valence-corrected chi connectivity index (χ0v) is 30.5. The number of hydrogen-bond donors (Lipinski definition) is 6. The molecule has 13 heteroatoms. The molecule has 5 aromatic rings. The van der Waals surface area contributed by atoms with Crippen LogP contribution in [-0.4, -0.2) is 56.3 Å². The number of fused-ring (bicyclic) bond motifs is 2. The molecule has 12 nitrogen and oxygen atoms in total. The number of ether oxygens (including phenoxy) is 1. The number of nitrogens with one attached hydrogen (secondary N) is 6. The number of aromatic nitrogens is 4. The second kappa shape index (κ2) is 14.5. The third kappa shape index (κ3) is 8.45. The fourth-order valence-corrected chi connectivity index (χ4v) is 7.20. The smallest absolute Gasteiger partial charge is 0.407 e. The zero-order chi connectivity index (χ0) is 37.4. The molecule has 0 radical (unpaired) electrons. The van der Waals surface area contributed by atoms with E-state index in [1.54, 1.807) is 0 Å². The number of alkyl carbamates (subject to hydrolysis) is 1. The molecular formula is C40H46FN7O5. The Hall–Kier alpha value is -5.46. The SMILES string of the molecule is Cc1cc2[nH]c(C3CC3)nc2cc1-c1ccc(C[C@H](NC(=O)[C@H]2CC[C@H](CNC(=O)OC(C)(C)C)CC2)C(=O)Nc2cc(F)c3c(=O)[nH][nH]c3c2)cc1. The Kier molecular flexibility index (Phi) is 9.84. The normalized spacial score (nSPS) is 18.1. The van der Waals surface area contributed by atoms with E-state index in [1.165, 1.54) is 18.9 Å². The van der Waals surface area contributed by atoms with Crippen molar-refractivity contribution in [2.75, 3.05) is 11.9 Å². The van der Waals surface area contributed by atoms with E-state index in [-0.39, 0.29) is 40.8 Å². The van der Waals surface area contributed by atoms with Crippen LogP contribution in [0.2, 0.25) is 0 Å². The minimum atomic E-state index is -0.966. The van der Waals surface area contributed by atoms with Crippen molar-refractivity contribution in [3.8, 4) is 11.1 Å². The average Bonchev–Trinajstić information content (AvgIpc) is 3.77. The van der Waals surface area contributed by atoms with Crippen LogP contribution in [0.25, 0.3) is 33.1 Å². The van der Waals surface area contributed by atoms with Crippen molar-refractivity contribution in [2.24, 2.45) is 11.8 Å². The van der Waals surface area contributed by atoms with Gasteiger partial charge in [0.05, 0.1) is 16.6 Å². The number of nitrogens with zero attached hydrogens (tertiary/aromatic N) is 1. The third-order valence-corrected chi connectivity index (χ3v) is 10.2. The fourth-order valence-electron chi connectivity index (χ4n) is 7.20. The molecule has 2 aliphatic carbocycles. The number of aryl methyl sites for hydroxylation is 1. The molecule has 2 fully saturated rings. The lowest BCUT2D eigenvalue weighted by molar-refractivity contribution is -0.130. The third-order valence-electron chi connectivity index (χ3n) is 10.2. The summed E-state index contributed by atoms with van der Waals surface area (Å²) in [5, 5.41) is 13.4. The molecule has 0 spiro atoms. The van der Waals surface area contributed by atoms with E-state index in [1.807, 2.05) is 45.0 Å². The molecule has 0 saturated heterocycles. The van der Waals surface area contributed by atoms with E-state index < -0.39 is 35.0 Å². The first-order valence-electron chi connectivity index (χ1n) is 18.4. The highest BCUT2D eigenvalue weighted by atomic mass is 19.1. The van der Waals surface area contributed by atoms with Crippen molar-refractivity contribution in [3.05, 3.63) is 81.7 Å². The maximum absolute atomic E-state index is 14.8. The predicted molar refractivity (Wildman–Crippen MR) is 201 cm³/mol. The molecule has 2 saturated carbocycles. The maximum Gasteiger partial charge on any atom is 0.407 e. The van der Waals surface area contributed by atoms with E-state index in [4.69, 9.17) is 9.72 Å². The van der Waals surface area contributed by atoms with Gasteiger partial charge in [0.15, 0.2) is 0 Å². The summed E-state index contributed by atoms with van der Waals surface area (Å²) in [5.41, 5.74) is 5.17. The van der Waals surface area contributed by atoms with Crippen LogP contribution in [-0.2, 0) is 20.7 Å². The molecule has 1 atom stereocenters. The fraction of sp³-hybridized carbons (Fsp3) is 0.425. The molecule has 278 valence electrons. The Morgan fingerprint density at radius 1 is 0.962 bits per heavy atom. The molecule has 7 rings (SSSR count). The predicted octanol–water partition coefficient (Wildman–Crippen LogP) is 6.72. The highest BCUT2D eigenvalue weighted by molar-refractivity contribution is 5.99. The summed E-state index contributed by atoms with van der Waals surface area (Å²) in [5.74, 6) is -0.0344. The van der Waals surface area contributed by atoms with Crippen LogP contribution in [0.5, 0.6) is 0 Å². The first kappa shape index (κ1) is 35.9. The number of hydrogen-bond acceptors (Lipinski definition) is 6. The number of H-pyrrole nitrogens is 3. The van der Waals surface area contributed by atoms with Crippen LogP contribution in [0.4, 0.5) is 14.9 Å². The second-order valence-corrected chi connectivity index (χ2v) is 15.6. The number of carbonyl (C=O) groups excluding carboxylic acids is 3. The molecule has 2 heterocycles. The van der Waals surface area contributed by atoms with Crippen molar-refractivity contribution in [2.45, 2.75) is 90.2 Å². The largest absolute Gasteiger partial charge is 0.444 e. The molecule has 3 amide bonds. The van der Waals surface area contributed by atoms with Gasteiger partial charge in [-0.25, -0.2) is 14.2 Å². The van der Waals surface area contributed by atoms with E-state index in [0.717, 1.165) is 58.0 Å². The van der Waals surface area contributed by atoms with Gasteiger partial charge >= 0.3 is 6.09 Å². The second-order valence-electron chi connectivity index (χ2n) is 15.6. The standard InChI is InChI=1S/C40H46FN7O5/c1-21-15-30-31(45-35(44-30)25-13-14-25)19-28(21)24-9-5-22(6-10-24)16-33(37(50)43-27-17-29(41)34-32(18-27)47-48-38(34)51)46-36(49)26-11-7-23(8-12-26)20-42-39(52)53-40(2,3)4/h5-6,9-10,15,17-19,23,25-26,33H,7-8,11-14,16,20H2,1-4H3,(H,42,52)(H,43,50)(H,44,45)(H,46,49)(H2,47,48,51)/t23-,26-,33-/m0/s1. The number of halogens is 1. The van der Waals surface area contributed by atoms with E-state index in [2.05, 4.69) is 50.2 Å². The summed E-state index contributed by atoms with van der Waals surface area (Å²) >= 11 is 0. The molecular weight excluding hydrogens is 677 g/mol. The highest BCUT2D eigenvalue weighted by Crippen LogP contribution is 2.39. The summed E-state index contributed by atoms with van der Waals surface area (Å²) in [7, 11) is 0. The van der Waals surface area contributed by atoms with Gasteiger partial charge in [-0.05, 0) is 119 Å². The Morgan fingerprint density at radius 3 is 2.40 bits per heavy atom. The Labute approximate surface area is 306 Å². The minimum Gasteiger partial charge on any atom is -0.444 e. The number of anilines is 1. The lowest BCUT2D eigenvalue weighted by Crippen LogP contribution is -2.48. The van der Waals surface area contributed by atoms with Crippen molar-refractivity contribution in [1.29, 1.82) is 0 Å². The van der Waals surface area contributed by atoms with Crippen molar-refractivity contribution >= 4 is 45.5 Å². The Morgan fingerprint density at radius 2 is 1.70 bits per heavy atom. The number of benzene rings is 3. The first-order valence-corrected chi connectivity index (χ1v) is 18.4. The first-order chi connectivity index (χ1) is 25.3. The van der Waals surface area contributed by atoms with E-state index >= 15 is 0 Å². The van der Waals surface area contributed by atoms with Gasteiger partial charge in [-0.1, -0.05) is 24.3 Å². The topological polar surface area (TPSA) is 174 Å². The van der Waals surface area contributed by atoms with Crippen LogP contribution in [0, 0.1) is 24.6 Å². The van der Waals surface area contributed by atoms with Gasteiger partial charge in [0.1, 0.15) is 28.7 Å². The molecule has 53 heavy (non-hydrogen) atoms. The number of amides is 3. The Balaban J connectivity index is 1.05. The maximum atomic E-state index is 14.8. The summed E-state index contributed by atoms with van der Waals surface area (Å²) in [6, 6.07) is 13.7. The number of carbonyl (C=O) groups is 3. The summed E-state index contributed by atoms with van der Waals surface area (Å²) in [6.07, 6.45) is 4.78. The van der Waals surface area contributed by atoms with Gasteiger partial charge in [-0.15, -0.1) is 0 Å². The summed E-state index contributed by atoms with van der Waals surface area (Å²) in [4.78, 5) is 59.9. The molecule has 0 unspecified atom stereocenters. The van der Waals surface area contributed by atoms with Crippen LogP contribution in [0.1, 0.15) is 82.2 Å². The van der Waals surface area contributed by atoms with Crippen LogP contribution >= 0.6 is 0 Å². The average molecular weight is 724 g/mol. The van der Waals surface area contributed by atoms with Crippen LogP contribution in [0.3, 0.4) is 0 Å². The molecule has 0 bridgehead atoms. The van der Waals surface area contributed by atoms with Crippen LogP contribution in [0.15, 0.2) is 53.3 Å². The van der Waals surface area contributed by atoms with Crippen molar-refractivity contribution in [1.82, 2.24) is 30.8 Å². The molecule has 3 aromatic carbocycles. The van der Waals surface area contributed by atoms with Crippen LogP contribution < -0.4 is 21.5 Å². The van der Waals surface area contributed by atoms with Gasteiger partial charge in [-0.3, -0.25) is 24.6 Å². The number of aromatic amines is 3. The monoisotopic (exact) mass is 723 g/mol. The Bertz CT molecular complexity index is 2220. The summed E-state index contributed by atoms with van der Waals surface area (Å²) in [6.45, 7) is 7.98.